The summed E-state index contributed by atoms with van der Waals surface area (Å²) in [5.74, 6) is 0. The largest absolute Gasteiger partial charge is 0.315 e. The topological polar surface area (TPSA) is 33.1 Å². The quantitative estimate of drug-likeness (QED) is 0.743. The Morgan fingerprint density at radius 2 is 2.38 bits per heavy atom. The van der Waals surface area contributed by atoms with E-state index in [1.54, 1.807) is 0 Å². The first-order chi connectivity index (χ1) is 7.77. The van der Waals surface area contributed by atoms with Gasteiger partial charge in [0.25, 0.3) is 0 Å². The van der Waals surface area contributed by atoms with E-state index in [9.17, 15) is 0 Å². The zero-order valence-corrected chi connectivity index (χ0v) is 10.3. The second kappa shape index (κ2) is 5.46. The lowest BCUT2D eigenvalue weighted by Crippen LogP contribution is -2.36. The van der Waals surface area contributed by atoms with Gasteiger partial charge in [0.15, 0.2) is 0 Å². The van der Waals surface area contributed by atoms with Gasteiger partial charge in [-0.05, 0) is 32.5 Å². The molecule has 1 unspecified atom stereocenters. The number of likely N-dealkylation sites (tertiary alicyclic amines) is 1. The molecule has 0 aliphatic carbocycles. The third kappa shape index (κ3) is 2.83. The van der Waals surface area contributed by atoms with Gasteiger partial charge in [0.2, 0.25) is 0 Å². The summed E-state index contributed by atoms with van der Waals surface area (Å²) in [4.78, 5) is 2.46. The second-order valence-electron chi connectivity index (χ2n) is 4.68. The first-order valence-electron chi connectivity index (χ1n) is 6.15. The fourth-order valence-electron chi connectivity index (χ4n) is 2.37. The molecule has 4 heteroatoms. The van der Waals surface area contributed by atoms with Crippen molar-refractivity contribution in [2.45, 2.75) is 25.3 Å². The fourth-order valence-corrected chi connectivity index (χ4v) is 2.37. The maximum Gasteiger partial charge on any atom is 0.0492 e. The molecule has 1 atom stereocenters. The standard InChI is InChI=1S/C12H22N4/c1-15-9-3-4-12(15)10-13-7-5-11-6-8-14-16(11)2/h6,8,12-13H,3-5,7,9-10H2,1-2H3. The molecule has 1 N–H and O–H groups in total. The van der Waals surface area contributed by atoms with Crippen molar-refractivity contribution in [2.24, 2.45) is 7.05 Å². The van der Waals surface area contributed by atoms with Gasteiger partial charge in [-0.25, -0.2) is 0 Å². The number of nitrogens with zero attached hydrogens (tertiary/aromatic N) is 3. The first-order valence-corrected chi connectivity index (χ1v) is 6.15. The van der Waals surface area contributed by atoms with E-state index in [1.165, 1.54) is 25.1 Å². The highest BCUT2D eigenvalue weighted by molar-refractivity contribution is 5.00. The Kier molecular flexibility index (Phi) is 3.96. The molecule has 1 aliphatic rings. The van der Waals surface area contributed by atoms with Gasteiger partial charge in [-0.3, -0.25) is 4.68 Å². The number of aryl methyl sites for hydroxylation is 1. The van der Waals surface area contributed by atoms with Crippen molar-refractivity contribution in [3.05, 3.63) is 18.0 Å². The number of hydrogen-bond acceptors (Lipinski definition) is 3. The zero-order chi connectivity index (χ0) is 11.4. The molecule has 1 fully saturated rings. The van der Waals surface area contributed by atoms with Gasteiger partial charge in [0, 0.05) is 44.5 Å². The average Bonchev–Trinajstić information content (AvgIpc) is 2.84. The maximum atomic E-state index is 4.17. The van der Waals surface area contributed by atoms with Crippen LogP contribution in [0.2, 0.25) is 0 Å². The molecule has 0 aromatic carbocycles. The normalized spacial score (nSPS) is 21.8. The van der Waals surface area contributed by atoms with Crippen LogP contribution in [0.15, 0.2) is 12.3 Å². The van der Waals surface area contributed by atoms with E-state index in [4.69, 9.17) is 0 Å². The number of nitrogens with one attached hydrogen (secondary N) is 1. The SMILES string of the molecule is CN1CCCC1CNCCc1ccnn1C. The zero-order valence-electron chi connectivity index (χ0n) is 10.3. The van der Waals surface area contributed by atoms with Crippen LogP contribution in [0.3, 0.4) is 0 Å². The van der Waals surface area contributed by atoms with Crippen LogP contribution < -0.4 is 5.32 Å². The van der Waals surface area contributed by atoms with Gasteiger partial charge in [-0.15, -0.1) is 0 Å². The fraction of sp³-hybridized carbons (Fsp3) is 0.750. The van der Waals surface area contributed by atoms with E-state index in [-0.39, 0.29) is 0 Å². The molecule has 0 bridgehead atoms. The Hall–Kier alpha value is -0.870. The number of aromatic nitrogens is 2. The van der Waals surface area contributed by atoms with Gasteiger partial charge in [-0.2, -0.15) is 5.10 Å². The van der Waals surface area contributed by atoms with Crippen LogP contribution >= 0.6 is 0 Å². The lowest BCUT2D eigenvalue weighted by molar-refractivity contribution is 0.301. The van der Waals surface area contributed by atoms with Gasteiger partial charge in [0.1, 0.15) is 0 Å². The van der Waals surface area contributed by atoms with Crippen LogP contribution in [0.25, 0.3) is 0 Å². The lowest BCUT2D eigenvalue weighted by atomic mass is 10.2. The van der Waals surface area contributed by atoms with E-state index in [1.807, 2.05) is 17.9 Å². The van der Waals surface area contributed by atoms with Crippen molar-refractivity contribution in [2.75, 3.05) is 26.7 Å². The molecule has 4 nitrogen and oxygen atoms in total. The Morgan fingerprint density at radius 1 is 1.50 bits per heavy atom. The van der Waals surface area contributed by atoms with Crippen molar-refractivity contribution in [1.82, 2.24) is 20.0 Å². The number of hydrogen-bond donors (Lipinski definition) is 1. The van der Waals surface area contributed by atoms with Gasteiger partial charge in [-0.1, -0.05) is 0 Å². The molecule has 1 saturated heterocycles. The van der Waals surface area contributed by atoms with E-state index in [2.05, 4.69) is 28.4 Å². The molecule has 90 valence electrons. The molecular formula is C12H22N4. The number of likely N-dealkylation sites (N-methyl/N-ethyl adjacent to an activating group) is 1. The summed E-state index contributed by atoms with van der Waals surface area (Å²) in [6.45, 7) is 3.42. The van der Waals surface area contributed by atoms with Crippen LogP contribution in [-0.2, 0) is 13.5 Å². The molecule has 0 saturated carbocycles. The van der Waals surface area contributed by atoms with Crippen LogP contribution in [0.5, 0.6) is 0 Å². The highest BCUT2D eigenvalue weighted by Crippen LogP contribution is 2.13. The molecule has 1 aliphatic heterocycles. The molecule has 0 amide bonds. The molecule has 2 rings (SSSR count). The minimum absolute atomic E-state index is 0.742. The van der Waals surface area contributed by atoms with Crippen LogP contribution in [0, 0.1) is 0 Å². The van der Waals surface area contributed by atoms with Crippen LogP contribution in [0.1, 0.15) is 18.5 Å². The monoisotopic (exact) mass is 222 g/mol. The Morgan fingerprint density at radius 3 is 3.00 bits per heavy atom. The van der Waals surface area contributed by atoms with Crippen LogP contribution in [-0.4, -0.2) is 47.4 Å². The van der Waals surface area contributed by atoms with Gasteiger partial charge >= 0.3 is 0 Å². The molecule has 16 heavy (non-hydrogen) atoms. The summed E-state index contributed by atoms with van der Waals surface area (Å²) < 4.78 is 1.95. The third-order valence-electron chi connectivity index (χ3n) is 3.53. The summed E-state index contributed by atoms with van der Waals surface area (Å²) >= 11 is 0. The molecule has 0 spiro atoms. The summed E-state index contributed by atoms with van der Waals surface area (Å²) in [5.41, 5.74) is 1.30. The maximum absolute atomic E-state index is 4.17. The van der Waals surface area contributed by atoms with Gasteiger partial charge < -0.3 is 10.2 Å². The van der Waals surface area contributed by atoms with Gasteiger partial charge in [0.05, 0.1) is 0 Å². The highest BCUT2D eigenvalue weighted by atomic mass is 15.3. The number of rotatable bonds is 5. The predicted octanol–water partition coefficient (Wildman–Crippen LogP) is 0.646. The minimum atomic E-state index is 0.742. The third-order valence-corrected chi connectivity index (χ3v) is 3.53. The Bertz CT molecular complexity index is 321. The molecule has 1 aromatic heterocycles. The predicted molar refractivity (Wildman–Crippen MR) is 65.4 cm³/mol. The summed E-state index contributed by atoms with van der Waals surface area (Å²) in [6, 6.07) is 2.83. The van der Waals surface area contributed by atoms with E-state index >= 15 is 0 Å². The Labute approximate surface area is 97.6 Å². The summed E-state index contributed by atoms with van der Waals surface area (Å²) in [5, 5.41) is 7.71. The average molecular weight is 222 g/mol. The van der Waals surface area contributed by atoms with E-state index in [0.717, 1.165) is 25.6 Å². The van der Waals surface area contributed by atoms with Crippen molar-refractivity contribution in [3.8, 4) is 0 Å². The van der Waals surface area contributed by atoms with E-state index < -0.39 is 0 Å². The molecule has 2 heterocycles. The highest BCUT2D eigenvalue weighted by Gasteiger charge is 2.19. The second-order valence-corrected chi connectivity index (χ2v) is 4.68. The Balaban J connectivity index is 1.63. The smallest absolute Gasteiger partial charge is 0.0492 e. The van der Waals surface area contributed by atoms with Crippen LogP contribution in [0.4, 0.5) is 0 Å². The van der Waals surface area contributed by atoms with Crippen molar-refractivity contribution < 1.29 is 0 Å². The molecular weight excluding hydrogens is 200 g/mol. The minimum Gasteiger partial charge on any atom is -0.315 e. The van der Waals surface area contributed by atoms with Crippen molar-refractivity contribution in [3.63, 3.8) is 0 Å². The molecule has 1 aromatic rings. The summed E-state index contributed by atoms with van der Waals surface area (Å²) in [6.07, 6.45) is 5.62. The summed E-state index contributed by atoms with van der Waals surface area (Å²) in [7, 11) is 4.22. The van der Waals surface area contributed by atoms with Crippen molar-refractivity contribution >= 4 is 0 Å². The first kappa shape index (κ1) is 11.6. The van der Waals surface area contributed by atoms with Crippen molar-refractivity contribution in [1.29, 1.82) is 0 Å². The molecule has 0 radical (unpaired) electrons. The lowest BCUT2D eigenvalue weighted by Gasteiger charge is -2.19. The van der Waals surface area contributed by atoms with E-state index in [0.29, 0.717) is 0 Å².